The Morgan fingerprint density at radius 1 is 1.18 bits per heavy atom. The van der Waals surface area contributed by atoms with Crippen LogP contribution in [0.4, 0.5) is 0 Å². The van der Waals surface area contributed by atoms with Crippen LogP contribution < -0.4 is 5.32 Å². The van der Waals surface area contributed by atoms with Gasteiger partial charge in [0.05, 0.1) is 0 Å². The van der Waals surface area contributed by atoms with E-state index in [-0.39, 0.29) is 0 Å². The number of nitrogens with zero attached hydrogens (tertiary/aromatic N) is 1. The minimum Gasteiger partial charge on any atom is -0.436 e. The summed E-state index contributed by atoms with van der Waals surface area (Å²) in [6, 6.07) is 13.5. The Hall–Kier alpha value is -1.91. The third-order valence-electron chi connectivity index (χ3n) is 3.16. The van der Waals surface area contributed by atoms with Gasteiger partial charge in [-0.25, -0.2) is 4.98 Å². The smallest absolute Gasteiger partial charge is 0.227 e. The van der Waals surface area contributed by atoms with Gasteiger partial charge in [-0.3, -0.25) is 0 Å². The second-order valence-corrected chi connectivity index (χ2v) is 6.18. The highest BCUT2D eigenvalue weighted by molar-refractivity contribution is 7.80. The summed E-state index contributed by atoms with van der Waals surface area (Å²) in [6.45, 7) is 4.11. The van der Waals surface area contributed by atoms with Crippen LogP contribution in [0.1, 0.15) is 19.4 Å². The molecule has 0 saturated heterocycles. The summed E-state index contributed by atoms with van der Waals surface area (Å²) < 4.78 is 5.79. The highest BCUT2D eigenvalue weighted by Crippen LogP contribution is 2.26. The molecule has 0 aliphatic heterocycles. The first-order chi connectivity index (χ1) is 10.5. The quantitative estimate of drug-likeness (QED) is 0.698. The molecule has 2 aromatic carbocycles. The first kappa shape index (κ1) is 15.0. The van der Waals surface area contributed by atoms with Gasteiger partial charge >= 0.3 is 0 Å². The Morgan fingerprint density at radius 2 is 1.91 bits per heavy atom. The number of thiocarbonyl (C=S) groups is 1. The van der Waals surface area contributed by atoms with Crippen molar-refractivity contribution in [2.75, 3.05) is 0 Å². The molecule has 22 heavy (non-hydrogen) atoms. The molecule has 0 amide bonds. The fourth-order valence-electron chi connectivity index (χ4n) is 2.13. The van der Waals surface area contributed by atoms with E-state index in [1.807, 2.05) is 42.5 Å². The lowest BCUT2D eigenvalue weighted by atomic mass is 10.2. The average Bonchev–Trinajstić information content (AvgIpc) is 2.90. The summed E-state index contributed by atoms with van der Waals surface area (Å²) >= 11 is 11.3. The van der Waals surface area contributed by atoms with Gasteiger partial charge in [-0.1, -0.05) is 23.8 Å². The van der Waals surface area contributed by atoms with Gasteiger partial charge in [0.15, 0.2) is 5.58 Å². The summed E-state index contributed by atoms with van der Waals surface area (Å²) in [5.41, 5.74) is 3.36. The second-order valence-electron chi connectivity index (χ2n) is 5.34. The van der Waals surface area contributed by atoms with Crippen molar-refractivity contribution >= 4 is 39.9 Å². The second kappa shape index (κ2) is 6.07. The van der Waals surface area contributed by atoms with E-state index in [9.17, 15) is 0 Å². The van der Waals surface area contributed by atoms with Crippen molar-refractivity contribution in [2.24, 2.45) is 0 Å². The topological polar surface area (TPSA) is 38.1 Å². The summed E-state index contributed by atoms with van der Waals surface area (Å²) in [6.07, 6.45) is 0. The molecule has 1 heterocycles. The van der Waals surface area contributed by atoms with E-state index in [4.69, 9.17) is 28.2 Å². The highest BCUT2D eigenvalue weighted by atomic mass is 35.5. The largest absolute Gasteiger partial charge is 0.436 e. The molecule has 0 fully saturated rings. The highest BCUT2D eigenvalue weighted by Gasteiger charge is 2.10. The minimum atomic E-state index is 0.296. The Morgan fingerprint density at radius 3 is 2.59 bits per heavy atom. The molecule has 112 valence electrons. The fourth-order valence-corrected chi connectivity index (χ4v) is 2.62. The van der Waals surface area contributed by atoms with Gasteiger partial charge in [0.2, 0.25) is 5.89 Å². The number of nitrogens with one attached hydrogen (secondary N) is 1. The monoisotopic (exact) mass is 330 g/mol. The summed E-state index contributed by atoms with van der Waals surface area (Å²) in [4.78, 5) is 5.25. The molecule has 0 aliphatic rings. The van der Waals surface area contributed by atoms with E-state index in [0.29, 0.717) is 21.9 Å². The number of rotatable bonds is 3. The molecular formula is C17H15ClN2OS. The number of oxazole rings is 1. The average molecular weight is 331 g/mol. The molecule has 0 bridgehead atoms. The Bertz CT molecular complexity index is 824. The van der Waals surface area contributed by atoms with Crippen molar-refractivity contribution in [2.45, 2.75) is 19.9 Å². The van der Waals surface area contributed by atoms with Gasteiger partial charge in [-0.15, -0.1) is 0 Å². The van der Waals surface area contributed by atoms with Crippen LogP contribution in [-0.2, 0) is 0 Å². The molecule has 0 aliphatic carbocycles. The molecule has 3 rings (SSSR count). The van der Waals surface area contributed by atoms with Gasteiger partial charge < -0.3 is 9.73 Å². The summed E-state index contributed by atoms with van der Waals surface area (Å²) in [7, 11) is 0. The van der Waals surface area contributed by atoms with Crippen molar-refractivity contribution in [1.82, 2.24) is 10.3 Å². The van der Waals surface area contributed by atoms with Crippen LogP contribution in [0, 0.1) is 0 Å². The maximum atomic E-state index is 5.90. The Kier molecular flexibility index (Phi) is 4.14. The predicted molar refractivity (Wildman–Crippen MR) is 94.4 cm³/mol. The fraction of sp³-hybridized carbons (Fsp3) is 0.176. The van der Waals surface area contributed by atoms with Crippen LogP contribution in [0.15, 0.2) is 46.9 Å². The van der Waals surface area contributed by atoms with E-state index in [1.54, 1.807) is 0 Å². The zero-order valence-corrected chi connectivity index (χ0v) is 13.8. The third-order valence-corrected chi connectivity index (χ3v) is 3.77. The number of halogens is 1. The van der Waals surface area contributed by atoms with Gasteiger partial charge in [-0.2, -0.15) is 0 Å². The standard InChI is InChI=1S/C17H15ClN2OS/c1-10(2)19-17(22)12-5-8-15-14(9-12)20-16(21-15)11-3-6-13(18)7-4-11/h3-10H,1-2H3,(H,19,22). The van der Waals surface area contributed by atoms with E-state index >= 15 is 0 Å². The molecule has 0 saturated carbocycles. The zero-order chi connectivity index (χ0) is 15.7. The number of aromatic nitrogens is 1. The maximum Gasteiger partial charge on any atom is 0.227 e. The van der Waals surface area contributed by atoms with E-state index in [0.717, 1.165) is 22.2 Å². The number of benzene rings is 2. The van der Waals surface area contributed by atoms with E-state index < -0.39 is 0 Å². The molecule has 1 aromatic heterocycles. The molecule has 0 atom stereocenters. The van der Waals surface area contributed by atoms with Crippen LogP contribution in [0.3, 0.4) is 0 Å². The van der Waals surface area contributed by atoms with Crippen molar-refractivity contribution < 1.29 is 4.42 Å². The van der Waals surface area contributed by atoms with Crippen molar-refractivity contribution in [3.05, 3.63) is 53.1 Å². The van der Waals surface area contributed by atoms with Gasteiger partial charge in [0.25, 0.3) is 0 Å². The lowest BCUT2D eigenvalue weighted by molar-refractivity contribution is 0.620. The zero-order valence-electron chi connectivity index (χ0n) is 12.3. The predicted octanol–water partition coefficient (Wildman–Crippen LogP) is 4.82. The first-order valence-electron chi connectivity index (χ1n) is 7.00. The number of hydrogen-bond acceptors (Lipinski definition) is 3. The Labute approximate surface area is 139 Å². The molecule has 3 aromatic rings. The van der Waals surface area contributed by atoms with Crippen LogP contribution >= 0.6 is 23.8 Å². The maximum absolute atomic E-state index is 5.90. The van der Waals surface area contributed by atoms with E-state index in [1.165, 1.54) is 0 Å². The molecule has 0 unspecified atom stereocenters. The van der Waals surface area contributed by atoms with E-state index in [2.05, 4.69) is 24.1 Å². The van der Waals surface area contributed by atoms with Crippen LogP contribution in [0.5, 0.6) is 0 Å². The van der Waals surface area contributed by atoms with Crippen LogP contribution in [-0.4, -0.2) is 16.0 Å². The van der Waals surface area contributed by atoms with Crippen molar-refractivity contribution in [1.29, 1.82) is 0 Å². The molecule has 3 nitrogen and oxygen atoms in total. The van der Waals surface area contributed by atoms with Crippen LogP contribution in [0.2, 0.25) is 5.02 Å². The normalized spacial score (nSPS) is 11.1. The number of hydrogen-bond donors (Lipinski definition) is 1. The minimum absolute atomic E-state index is 0.296. The molecule has 1 N–H and O–H groups in total. The van der Waals surface area contributed by atoms with Crippen molar-refractivity contribution in [3.8, 4) is 11.5 Å². The summed E-state index contributed by atoms with van der Waals surface area (Å²) in [5, 5.41) is 3.91. The number of fused-ring (bicyclic) bond motifs is 1. The molecule has 5 heteroatoms. The molecular weight excluding hydrogens is 316 g/mol. The van der Waals surface area contributed by atoms with Gasteiger partial charge in [-0.05, 0) is 56.3 Å². The van der Waals surface area contributed by atoms with Gasteiger partial charge in [0, 0.05) is 22.2 Å². The lowest BCUT2D eigenvalue weighted by Gasteiger charge is -2.10. The Balaban J connectivity index is 1.96. The first-order valence-corrected chi connectivity index (χ1v) is 7.79. The summed E-state index contributed by atoms with van der Waals surface area (Å²) in [5.74, 6) is 0.576. The molecule has 0 radical (unpaired) electrons. The lowest BCUT2D eigenvalue weighted by Crippen LogP contribution is -2.29. The third kappa shape index (κ3) is 3.13. The SMILES string of the molecule is CC(C)NC(=S)c1ccc2oc(-c3ccc(Cl)cc3)nc2c1. The van der Waals surface area contributed by atoms with Crippen molar-refractivity contribution in [3.63, 3.8) is 0 Å². The molecule has 0 spiro atoms. The van der Waals surface area contributed by atoms with Gasteiger partial charge in [0.1, 0.15) is 10.5 Å². The van der Waals surface area contributed by atoms with Crippen LogP contribution in [0.25, 0.3) is 22.6 Å².